The van der Waals surface area contributed by atoms with Crippen molar-refractivity contribution in [1.82, 2.24) is 4.90 Å². The second kappa shape index (κ2) is 7.69. The number of fused-ring (bicyclic) bond motifs is 5. The fraction of sp³-hybridized carbons (Fsp3) is 0.320. The van der Waals surface area contributed by atoms with Crippen LogP contribution in [0.1, 0.15) is 12.0 Å². The molecule has 0 unspecified atom stereocenters. The SMILES string of the molecule is COc1cccc(NC(=O)[C@H](Cc2ccccc2)N2C(=O)[C@H]3[C@H](C2=O)[C@H]2C=C[C@H]3C2)c1. The molecule has 1 heterocycles. The Hall–Kier alpha value is -3.41. The van der Waals surface area contributed by atoms with Crippen molar-refractivity contribution in [1.29, 1.82) is 0 Å². The Bertz CT molecular complexity index is 1030. The number of anilines is 1. The summed E-state index contributed by atoms with van der Waals surface area (Å²) in [6, 6.07) is 15.6. The summed E-state index contributed by atoms with van der Waals surface area (Å²) in [6.45, 7) is 0. The molecule has 1 saturated carbocycles. The average Bonchev–Trinajstić information content (AvgIpc) is 3.47. The van der Waals surface area contributed by atoms with E-state index in [-0.39, 0.29) is 47.8 Å². The minimum absolute atomic E-state index is 0.107. The first kappa shape index (κ1) is 19.5. The normalized spacial score (nSPS) is 26.8. The van der Waals surface area contributed by atoms with E-state index >= 15 is 0 Å². The van der Waals surface area contributed by atoms with Crippen LogP contribution in [0.15, 0.2) is 66.7 Å². The highest BCUT2D eigenvalue weighted by atomic mass is 16.5. The van der Waals surface area contributed by atoms with Gasteiger partial charge >= 0.3 is 0 Å². The van der Waals surface area contributed by atoms with Gasteiger partial charge in [-0.3, -0.25) is 19.3 Å². The van der Waals surface area contributed by atoms with Crippen LogP contribution >= 0.6 is 0 Å². The van der Waals surface area contributed by atoms with Gasteiger partial charge in [0.05, 0.1) is 18.9 Å². The number of allylic oxidation sites excluding steroid dienone is 2. The van der Waals surface area contributed by atoms with E-state index in [1.807, 2.05) is 30.3 Å². The quantitative estimate of drug-likeness (QED) is 0.580. The molecule has 6 nitrogen and oxygen atoms in total. The van der Waals surface area contributed by atoms with Gasteiger partial charge in [-0.05, 0) is 36.0 Å². The summed E-state index contributed by atoms with van der Waals surface area (Å²) in [7, 11) is 1.56. The Labute approximate surface area is 180 Å². The van der Waals surface area contributed by atoms with E-state index < -0.39 is 6.04 Å². The van der Waals surface area contributed by atoms with Crippen LogP contribution in [0.5, 0.6) is 5.75 Å². The molecule has 0 aromatic heterocycles. The summed E-state index contributed by atoms with van der Waals surface area (Å²) in [5.74, 6) is -0.634. The first-order chi connectivity index (χ1) is 15.1. The Morgan fingerprint density at radius 1 is 1.03 bits per heavy atom. The van der Waals surface area contributed by atoms with Crippen LogP contribution in [0, 0.1) is 23.7 Å². The largest absolute Gasteiger partial charge is 0.497 e. The number of carbonyl (C=O) groups is 3. The molecule has 3 aliphatic rings. The van der Waals surface area contributed by atoms with Gasteiger partial charge in [0.2, 0.25) is 17.7 Å². The number of nitrogens with zero attached hydrogens (tertiary/aromatic N) is 1. The molecular formula is C25H24N2O4. The molecule has 0 radical (unpaired) electrons. The van der Waals surface area contributed by atoms with E-state index in [1.54, 1.807) is 31.4 Å². The van der Waals surface area contributed by atoms with Gasteiger partial charge in [-0.2, -0.15) is 0 Å². The van der Waals surface area contributed by atoms with Crippen molar-refractivity contribution >= 4 is 23.4 Å². The summed E-state index contributed by atoms with van der Waals surface area (Å²) in [6.07, 6.45) is 5.25. The van der Waals surface area contributed by atoms with Crippen LogP contribution in [0.25, 0.3) is 0 Å². The molecule has 5 rings (SSSR count). The van der Waals surface area contributed by atoms with Gasteiger partial charge < -0.3 is 10.1 Å². The number of likely N-dealkylation sites (tertiary alicyclic amines) is 1. The Morgan fingerprint density at radius 2 is 1.71 bits per heavy atom. The lowest BCUT2D eigenvalue weighted by atomic mass is 9.85. The van der Waals surface area contributed by atoms with Crippen LogP contribution in [-0.2, 0) is 20.8 Å². The summed E-state index contributed by atoms with van der Waals surface area (Å²) >= 11 is 0. The number of hydrogen-bond acceptors (Lipinski definition) is 4. The fourth-order valence-electron chi connectivity index (χ4n) is 5.30. The van der Waals surface area contributed by atoms with Gasteiger partial charge in [0.25, 0.3) is 0 Å². The zero-order valence-corrected chi connectivity index (χ0v) is 17.2. The van der Waals surface area contributed by atoms with Crippen molar-refractivity contribution in [3.8, 4) is 5.75 Å². The summed E-state index contributed by atoms with van der Waals surface area (Å²) in [4.78, 5) is 41.3. The van der Waals surface area contributed by atoms with E-state index in [0.717, 1.165) is 12.0 Å². The van der Waals surface area contributed by atoms with Crippen LogP contribution in [0.3, 0.4) is 0 Å². The first-order valence-corrected chi connectivity index (χ1v) is 10.6. The molecule has 0 spiro atoms. The maximum atomic E-state index is 13.4. The molecule has 158 valence electrons. The molecule has 31 heavy (non-hydrogen) atoms. The van der Waals surface area contributed by atoms with Crippen molar-refractivity contribution in [3.63, 3.8) is 0 Å². The maximum absolute atomic E-state index is 13.4. The lowest BCUT2D eigenvalue weighted by Crippen LogP contribution is -2.49. The van der Waals surface area contributed by atoms with E-state index in [9.17, 15) is 14.4 Å². The third kappa shape index (κ3) is 3.32. The second-order valence-electron chi connectivity index (χ2n) is 8.47. The van der Waals surface area contributed by atoms with Gasteiger partial charge in [-0.1, -0.05) is 48.6 Å². The molecule has 1 N–H and O–H groups in total. The van der Waals surface area contributed by atoms with E-state index in [2.05, 4.69) is 17.5 Å². The Kier molecular flexibility index (Phi) is 4.85. The first-order valence-electron chi connectivity index (χ1n) is 10.6. The van der Waals surface area contributed by atoms with Gasteiger partial charge in [0.1, 0.15) is 11.8 Å². The molecule has 2 bridgehead atoms. The minimum Gasteiger partial charge on any atom is -0.497 e. The maximum Gasteiger partial charge on any atom is 0.248 e. The van der Waals surface area contributed by atoms with Crippen molar-refractivity contribution in [3.05, 3.63) is 72.3 Å². The molecule has 3 amide bonds. The number of imide groups is 1. The monoisotopic (exact) mass is 416 g/mol. The van der Waals surface area contributed by atoms with E-state index in [0.29, 0.717) is 11.4 Å². The highest BCUT2D eigenvalue weighted by Crippen LogP contribution is 2.53. The van der Waals surface area contributed by atoms with Crippen LogP contribution in [0.4, 0.5) is 5.69 Å². The number of carbonyl (C=O) groups excluding carboxylic acids is 3. The number of nitrogens with one attached hydrogen (secondary N) is 1. The predicted octanol–water partition coefficient (Wildman–Crippen LogP) is 3.05. The number of amides is 3. The standard InChI is InChI=1S/C25H24N2O4/c1-31-19-9-5-8-18(14-19)26-23(28)20(12-15-6-3-2-4-7-15)27-24(29)21-16-10-11-17(13-16)22(21)25(27)30/h2-11,14,16-17,20-22H,12-13H2,1H3,(H,26,28)/t16-,17-,20-,21+,22+/m0/s1. The van der Waals surface area contributed by atoms with Crippen LogP contribution in [-0.4, -0.2) is 35.8 Å². The Balaban J connectivity index is 1.45. The summed E-state index contributed by atoms with van der Waals surface area (Å²) < 4.78 is 5.23. The molecule has 2 aromatic carbocycles. The van der Waals surface area contributed by atoms with Crippen LogP contribution in [0.2, 0.25) is 0 Å². The molecule has 1 aliphatic heterocycles. The van der Waals surface area contributed by atoms with Gasteiger partial charge in [0.15, 0.2) is 0 Å². The molecule has 5 atom stereocenters. The molecule has 6 heteroatoms. The van der Waals surface area contributed by atoms with Gasteiger partial charge in [0, 0.05) is 18.2 Å². The third-order valence-electron chi connectivity index (χ3n) is 6.73. The van der Waals surface area contributed by atoms with Crippen LogP contribution < -0.4 is 10.1 Å². The predicted molar refractivity (Wildman–Crippen MR) is 115 cm³/mol. The van der Waals surface area contributed by atoms with Gasteiger partial charge in [-0.15, -0.1) is 0 Å². The summed E-state index contributed by atoms with van der Waals surface area (Å²) in [5.41, 5.74) is 1.45. The molecule has 1 saturated heterocycles. The number of hydrogen-bond donors (Lipinski definition) is 1. The topological polar surface area (TPSA) is 75.7 Å². The zero-order valence-electron chi connectivity index (χ0n) is 17.2. The molecule has 2 aromatic rings. The third-order valence-corrected chi connectivity index (χ3v) is 6.73. The van der Waals surface area contributed by atoms with E-state index in [1.165, 1.54) is 4.90 Å². The minimum atomic E-state index is -0.904. The van der Waals surface area contributed by atoms with Crippen molar-refractivity contribution in [2.45, 2.75) is 18.9 Å². The Morgan fingerprint density at radius 3 is 2.35 bits per heavy atom. The van der Waals surface area contributed by atoms with Crippen molar-refractivity contribution in [2.24, 2.45) is 23.7 Å². The molecular weight excluding hydrogens is 392 g/mol. The lowest BCUT2D eigenvalue weighted by molar-refractivity contribution is -0.147. The number of methoxy groups -OCH3 is 1. The number of benzene rings is 2. The van der Waals surface area contributed by atoms with Gasteiger partial charge in [-0.25, -0.2) is 0 Å². The molecule has 2 aliphatic carbocycles. The second-order valence-corrected chi connectivity index (χ2v) is 8.47. The van der Waals surface area contributed by atoms with E-state index in [4.69, 9.17) is 4.74 Å². The lowest BCUT2D eigenvalue weighted by Gasteiger charge is -2.27. The van der Waals surface area contributed by atoms with Crippen molar-refractivity contribution < 1.29 is 19.1 Å². The smallest absolute Gasteiger partial charge is 0.248 e. The summed E-state index contributed by atoms with van der Waals surface area (Å²) in [5, 5.41) is 2.88. The average molecular weight is 416 g/mol. The zero-order chi connectivity index (χ0) is 21.5. The van der Waals surface area contributed by atoms with Crippen molar-refractivity contribution in [2.75, 3.05) is 12.4 Å². The fourth-order valence-corrected chi connectivity index (χ4v) is 5.30. The number of ether oxygens (including phenoxy) is 1. The molecule has 2 fully saturated rings. The highest BCUT2D eigenvalue weighted by Gasteiger charge is 2.61. The highest BCUT2D eigenvalue weighted by molar-refractivity contribution is 6.11. The number of rotatable bonds is 6.